The van der Waals surface area contributed by atoms with Gasteiger partial charge in [-0.25, -0.2) is 4.68 Å². The third kappa shape index (κ3) is 2.87. The van der Waals surface area contributed by atoms with Crippen molar-refractivity contribution in [3.63, 3.8) is 0 Å². The largest absolute Gasteiger partial charge is 0.481 e. The Kier molecular flexibility index (Phi) is 3.58. The van der Waals surface area contributed by atoms with Crippen LogP contribution in [0, 0.1) is 11.8 Å². The van der Waals surface area contributed by atoms with Gasteiger partial charge in [-0.15, -0.1) is 5.10 Å². The zero-order valence-electron chi connectivity index (χ0n) is 11.4. The van der Waals surface area contributed by atoms with E-state index in [1.807, 2.05) is 4.90 Å². The molecule has 0 aromatic carbocycles. The predicted octanol–water partition coefficient (Wildman–Crippen LogP) is -0.385. The zero-order valence-corrected chi connectivity index (χ0v) is 11.4. The number of carboxylic acid groups (broad SMARTS) is 2. The molecule has 114 valence electrons. The Balaban J connectivity index is 1.68. The van der Waals surface area contributed by atoms with Gasteiger partial charge in [0.25, 0.3) is 0 Å². The fraction of sp³-hybridized carbons (Fsp3) is 0.750. The van der Waals surface area contributed by atoms with E-state index in [0.717, 1.165) is 18.7 Å². The molecular weight excluding hydrogens is 278 g/mol. The minimum Gasteiger partial charge on any atom is -0.481 e. The minimum absolute atomic E-state index is 0.212. The Hall–Kier alpha value is -2.03. The lowest BCUT2D eigenvalue weighted by molar-refractivity contribution is -0.157. The SMILES string of the molecule is O=C(O)C1CCN(Cc2nnnn2C2CC2)CC1C(=O)O. The molecule has 2 unspecified atom stereocenters. The Morgan fingerprint density at radius 1 is 1.14 bits per heavy atom. The third-order valence-electron chi connectivity index (χ3n) is 4.15. The van der Waals surface area contributed by atoms with Gasteiger partial charge < -0.3 is 10.2 Å². The van der Waals surface area contributed by atoms with Crippen LogP contribution >= 0.6 is 0 Å². The van der Waals surface area contributed by atoms with E-state index >= 15 is 0 Å². The first-order valence-corrected chi connectivity index (χ1v) is 7.01. The van der Waals surface area contributed by atoms with E-state index in [1.54, 1.807) is 4.68 Å². The highest BCUT2D eigenvalue weighted by atomic mass is 16.4. The Morgan fingerprint density at radius 3 is 2.48 bits per heavy atom. The number of tetrazole rings is 1. The molecule has 2 aliphatic rings. The predicted molar refractivity (Wildman–Crippen MR) is 68.2 cm³/mol. The lowest BCUT2D eigenvalue weighted by atomic mass is 9.85. The number of aliphatic carboxylic acids is 2. The highest BCUT2D eigenvalue weighted by Gasteiger charge is 2.39. The van der Waals surface area contributed by atoms with E-state index in [1.165, 1.54) is 0 Å². The molecule has 1 aromatic rings. The second-order valence-corrected chi connectivity index (χ2v) is 5.68. The molecule has 3 rings (SSSR count). The van der Waals surface area contributed by atoms with E-state index in [2.05, 4.69) is 15.5 Å². The van der Waals surface area contributed by atoms with Crippen LogP contribution in [-0.4, -0.2) is 60.3 Å². The van der Waals surface area contributed by atoms with E-state index < -0.39 is 23.8 Å². The third-order valence-corrected chi connectivity index (χ3v) is 4.15. The number of piperidine rings is 1. The zero-order chi connectivity index (χ0) is 15.0. The van der Waals surface area contributed by atoms with Gasteiger partial charge >= 0.3 is 11.9 Å². The van der Waals surface area contributed by atoms with E-state index in [9.17, 15) is 14.7 Å². The molecule has 9 heteroatoms. The van der Waals surface area contributed by atoms with Gasteiger partial charge in [-0.05, 0) is 36.2 Å². The Labute approximate surface area is 120 Å². The average molecular weight is 295 g/mol. The number of carbonyl (C=O) groups is 2. The molecule has 0 spiro atoms. The molecule has 1 aromatic heterocycles. The fourth-order valence-corrected chi connectivity index (χ4v) is 2.83. The van der Waals surface area contributed by atoms with Crippen LogP contribution in [0.25, 0.3) is 0 Å². The van der Waals surface area contributed by atoms with Gasteiger partial charge in [0.05, 0.1) is 24.4 Å². The van der Waals surface area contributed by atoms with Gasteiger partial charge in [-0.2, -0.15) is 0 Å². The summed E-state index contributed by atoms with van der Waals surface area (Å²) < 4.78 is 1.79. The van der Waals surface area contributed by atoms with Crippen LogP contribution in [0.2, 0.25) is 0 Å². The highest BCUT2D eigenvalue weighted by Crippen LogP contribution is 2.35. The summed E-state index contributed by atoms with van der Waals surface area (Å²) in [6.45, 7) is 1.21. The summed E-state index contributed by atoms with van der Waals surface area (Å²) in [6, 6.07) is 0.363. The monoisotopic (exact) mass is 295 g/mol. The number of aromatic nitrogens is 4. The van der Waals surface area contributed by atoms with Crippen molar-refractivity contribution in [3.8, 4) is 0 Å². The van der Waals surface area contributed by atoms with Crippen molar-refractivity contribution in [2.75, 3.05) is 13.1 Å². The average Bonchev–Trinajstić information content (AvgIpc) is 3.19. The molecule has 1 saturated heterocycles. The first-order valence-electron chi connectivity index (χ1n) is 7.01. The van der Waals surface area contributed by atoms with Crippen LogP contribution in [0.4, 0.5) is 0 Å². The van der Waals surface area contributed by atoms with Crippen molar-refractivity contribution in [2.24, 2.45) is 11.8 Å². The number of likely N-dealkylation sites (tertiary alicyclic amines) is 1. The van der Waals surface area contributed by atoms with E-state index in [-0.39, 0.29) is 6.54 Å². The van der Waals surface area contributed by atoms with Crippen LogP contribution in [0.3, 0.4) is 0 Å². The number of rotatable bonds is 5. The summed E-state index contributed by atoms with van der Waals surface area (Å²) in [5.41, 5.74) is 0. The summed E-state index contributed by atoms with van der Waals surface area (Å²) in [6.07, 6.45) is 2.46. The quantitative estimate of drug-likeness (QED) is 0.753. The lowest BCUT2D eigenvalue weighted by Gasteiger charge is -2.34. The van der Waals surface area contributed by atoms with Gasteiger partial charge in [0.1, 0.15) is 0 Å². The van der Waals surface area contributed by atoms with Crippen molar-refractivity contribution in [2.45, 2.75) is 31.8 Å². The van der Waals surface area contributed by atoms with Gasteiger partial charge in [0, 0.05) is 6.54 Å². The van der Waals surface area contributed by atoms with Crippen LogP contribution in [0.5, 0.6) is 0 Å². The number of nitrogens with zero attached hydrogens (tertiary/aromatic N) is 5. The van der Waals surface area contributed by atoms with Gasteiger partial charge in [0.15, 0.2) is 5.82 Å². The maximum absolute atomic E-state index is 11.3. The molecule has 1 aliphatic heterocycles. The molecule has 1 saturated carbocycles. The number of hydrogen-bond donors (Lipinski definition) is 2. The fourth-order valence-electron chi connectivity index (χ4n) is 2.83. The van der Waals surface area contributed by atoms with Gasteiger partial charge in [-0.1, -0.05) is 0 Å². The van der Waals surface area contributed by atoms with Crippen molar-refractivity contribution in [1.29, 1.82) is 0 Å². The lowest BCUT2D eigenvalue weighted by Crippen LogP contribution is -2.46. The summed E-state index contributed by atoms with van der Waals surface area (Å²) in [5.74, 6) is -3.09. The standard InChI is InChI=1S/C12H17N5O4/c18-11(19)8-3-4-16(5-9(8)12(20)21)6-10-13-14-15-17(10)7-1-2-7/h7-9H,1-6H2,(H,18,19)(H,20,21). The second-order valence-electron chi connectivity index (χ2n) is 5.68. The highest BCUT2D eigenvalue weighted by molar-refractivity contribution is 5.80. The molecule has 21 heavy (non-hydrogen) atoms. The Morgan fingerprint density at radius 2 is 1.86 bits per heavy atom. The normalized spacial score (nSPS) is 26.7. The smallest absolute Gasteiger partial charge is 0.308 e. The molecule has 0 amide bonds. The van der Waals surface area contributed by atoms with E-state index in [0.29, 0.717) is 25.6 Å². The summed E-state index contributed by atoms with van der Waals surface area (Å²) in [5, 5.41) is 29.9. The number of hydrogen-bond acceptors (Lipinski definition) is 6. The summed E-state index contributed by atoms with van der Waals surface area (Å²) in [4.78, 5) is 24.3. The second kappa shape index (κ2) is 5.40. The van der Waals surface area contributed by atoms with Crippen LogP contribution in [-0.2, 0) is 16.1 Å². The van der Waals surface area contributed by atoms with Crippen LogP contribution in [0.1, 0.15) is 31.1 Å². The molecule has 2 heterocycles. The molecule has 0 bridgehead atoms. The number of carboxylic acids is 2. The topological polar surface area (TPSA) is 121 Å². The molecule has 9 nitrogen and oxygen atoms in total. The van der Waals surface area contributed by atoms with Crippen molar-refractivity contribution < 1.29 is 19.8 Å². The molecule has 2 fully saturated rings. The van der Waals surface area contributed by atoms with Gasteiger partial charge in [-0.3, -0.25) is 14.5 Å². The maximum atomic E-state index is 11.3. The minimum atomic E-state index is -1.06. The van der Waals surface area contributed by atoms with Crippen molar-refractivity contribution in [3.05, 3.63) is 5.82 Å². The first-order chi connectivity index (χ1) is 10.1. The molecule has 2 atom stereocenters. The molecule has 2 N–H and O–H groups in total. The van der Waals surface area contributed by atoms with Crippen LogP contribution in [0.15, 0.2) is 0 Å². The first kappa shape index (κ1) is 13.9. The van der Waals surface area contributed by atoms with Crippen molar-refractivity contribution >= 4 is 11.9 Å². The summed E-state index contributed by atoms with van der Waals surface area (Å²) >= 11 is 0. The van der Waals surface area contributed by atoms with Gasteiger partial charge in [0.2, 0.25) is 0 Å². The summed E-state index contributed by atoms with van der Waals surface area (Å²) in [7, 11) is 0. The Bertz CT molecular complexity index is 556. The van der Waals surface area contributed by atoms with E-state index in [4.69, 9.17) is 5.11 Å². The van der Waals surface area contributed by atoms with Crippen molar-refractivity contribution in [1.82, 2.24) is 25.1 Å². The molecule has 1 aliphatic carbocycles. The molecule has 0 radical (unpaired) electrons. The molecular formula is C12H17N5O4. The maximum Gasteiger partial charge on any atom is 0.308 e. The van der Waals surface area contributed by atoms with Crippen LogP contribution < -0.4 is 0 Å².